The van der Waals surface area contributed by atoms with Gasteiger partial charge in [-0.3, -0.25) is 10.1 Å². The molecule has 0 aliphatic heterocycles. The van der Waals surface area contributed by atoms with Crippen LogP contribution < -0.4 is 5.32 Å². The van der Waals surface area contributed by atoms with Crippen LogP contribution in [0.25, 0.3) is 0 Å². The molecule has 0 aromatic heterocycles. The van der Waals surface area contributed by atoms with Crippen LogP contribution in [0.1, 0.15) is 20.3 Å². The average Bonchev–Trinajstić information content (AvgIpc) is 1.65. The van der Waals surface area contributed by atoms with Crippen molar-refractivity contribution >= 4 is 5.91 Å². The topological polar surface area (TPSA) is 31.2 Å². The quantitative estimate of drug-likeness (QED) is 0.522. The summed E-state index contributed by atoms with van der Waals surface area (Å²) in [4.78, 5) is 10.5. The van der Waals surface area contributed by atoms with Crippen molar-refractivity contribution in [3.8, 4) is 0 Å². The van der Waals surface area contributed by atoms with Gasteiger partial charge in [0.1, 0.15) is 0 Å². The summed E-state index contributed by atoms with van der Waals surface area (Å²) in [6, 6.07) is 0. The molecule has 0 aliphatic carbocycles. The van der Waals surface area contributed by atoms with Gasteiger partial charge in [0.05, 0.1) is 0 Å². The molecule has 0 saturated heterocycles. The first kappa shape index (κ1) is 7.47. The molecule has 8 heavy (non-hydrogen) atoms. The summed E-state index contributed by atoms with van der Waals surface area (Å²) in [5.41, 5.74) is 0. The van der Waals surface area contributed by atoms with Crippen molar-refractivity contribution in [1.29, 1.82) is 0 Å². The number of hydrogen-bond donors (Lipinski definition) is 0. The molecule has 0 aliphatic rings. The fourth-order valence-electron chi connectivity index (χ4n) is 0.441. The van der Waals surface area contributed by atoms with Crippen molar-refractivity contribution in [3.05, 3.63) is 0 Å². The van der Waals surface area contributed by atoms with Crippen molar-refractivity contribution in [2.75, 3.05) is 7.05 Å². The van der Waals surface area contributed by atoms with Crippen LogP contribution in [-0.4, -0.2) is 13.0 Å². The zero-order valence-electron chi connectivity index (χ0n) is 5.64. The molecular formula is C6H12NO. The van der Waals surface area contributed by atoms with Gasteiger partial charge in [-0.05, 0) is 5.92 Å². The Kier molecular flexibility index (Phi) is 3.24. The highest BCUT2D eigenvalue weighted by Gasteiger charge is 2.00. The molecule has 0 aromatic rings. The lowest BCUT2D eigenvalue weighted by atomic mass is 10.1. The monoisotopic (exact) mass is 114 g/mol. The Morgan fingerprint density at radius 2 is 2.12 bits per heavy atom. The van der Waals surface area contributed by atoms with Crippen LogP contribution in [-0.2, 0) is 4.79 Å². The Balaban J connectivity index is 3.25. The van der Waals surface area contributed by atoms with Gasteiger partial charge in [-0.15, -0.1) is 0 Å². The van der Waals surface area contributed by atoms with Crippen LogP contribution in [0.3, 0.4) is 0 Å². The molecule has 0 atom stereocenters. The summed E-state index contributed by atoms with van der Waals surface area (Å²) in [6.45, 7) is 4.01. The fraction of sp³-hybridized carbons (Fsp3) is 0.833. The maximum absolute atomic E-state index is 10.5. The second-order valence-electron chi connectivity index (χ2n) is 2.22. The van der Waals surface area contributed by atoms with Crippen molar-refractivity contribution in [2.45, 2.75) is 20.3 Å². The van der Waals surface area contributed by atoms with Gasteiger partial charge in [0.15, 0.2) is 0 Å². The first-order valence-electron chi connectivity index (χ1n) is 2.79. The minimum atomic E-state index is 0.000000000000000222. The van der Waals surface area contributed by atoms with E-state index in [0.29, 0.717) is 12.3 Å². The van der Waals surface area contributed by atoms with Gasteiger partial charge in [-0.2, -0.15) is 0 Å². The molecule has 0 fully saturated rings. The van der Waals surface area contributed by atoms with Gasteiger partial charge in [0, 0.05) is 13.5 Å². The van der Waals surface area contributed by atoms with Gasteiger partial charge in [0.25, 0.3) is 0 Å². The van der Waals surface area contributed by atoms with Crippen LogP contribution in [0.5, 0.6) is 0 Å². The average molecular weight is 114 g/mol. The van der Waals surface area contributed by atoms with E-state index in [-0.39, 0.29) is 5.91 Å². The Morgan fingerprint density at radius 1 is 1.62 bits per heavy atom. The molecule has 0 aromatic carbocycles. The third kappa shape index (κ3) is 3.65. The SMILES string of the molecule is C[N]C(=O)CC(C)C. The largest absolute Gasteiger partial charge is 0.273 e. The number of rotatable bonds is 2. The molecule has 0 spiro atoms. The third-order valence-electron chi connectivity index (χ3n) is 0.832. The van der Waals surface area contributed by atoms with Crippen LogP contribution >= 0.6 is 0 Å². The number of nitrogens with zero attached hydrogens (tertiary/aromatic N) is 1. The molecule has 0 unspecified atom stereocenters. The van der Waals surface area contributed by atoms with Crippen LogP contribution in [0.2, 0.25) is 0 Å². The van der Waals surface area contributed by atoms with E-state index < -0.39 is 0 Å². The van der Waals surface area contributed by atoms with Crippen LogP contribution in [0.4, 0.5) is 0 Å². The van der Waals surface area contributed by atoms with Crippen LogP contribution in [0.15, 0.2) is 0 Å². The summed E-state index contributed by atoms with van der Waals surface area (Å²) < 4.78 is 0. The van der Waals surface area contributed by atoms with Crippen molar-refractivity contribution in [2.24, 2.45) is 5.92 Å². The Labute approximate surface area is 50.3 Å². The van der Waals surface area contributed by atoms with Gasteiger partial charge in [0.2, 0.25) is 5.91 Å². The van der Waals surface area contributed by atoms with E-state index in [1.54, 1.807) is 0 Å². The Hall–Kier alpha value is -0.530. The van der Waals surface area contributed by atoms with E-state index in [4.69, 9.17) is 0 Å². The number of hydrogen-bond acceptors (Lipinski definition) is 1. The molecule has 0 heterocycles. The predicted octanol–water partition coefficient (Wildman–Crippen LogP) is 0.793. The third-order valence-corrected chi connectivity index (χ3v) is 0.832. The Morgan fingerprint density at radius 3 is 2.25 bits per heavy atom. The summed E-state index contributed by atoms with van der Waals surface area (Å²) >= 11 is 0. The number of amides is 1. The standard InChI is InChI=1S/C6H12NO/c1-5(2)4-6(8)7-3/h5H,4H2,1-3H3. The van der Waals surface area contributed by atoms with E-state index in [0.717, 1.165) is 0 Å². The number of carbonyl (C=O) groups excluding carboxylic acids is 1. The van der Waals surface area contributed by atoms with Gasteiger partial charge < -0.3 is 0 Å². The molecule has 2 heteroatoms. The highest BCUT2D eigenvalue weighted by Crippen LogP contribution is 1.97. The summed E-state index contributed by atoms with van der Waals surface area (Å²) in [6.07, 6.45) is 0.580. The van der Waals surface area contributed by atoms with E-state index >= 15 is 0 Å². The predicted molar refractivity (Wildman–Crippen MR) is 32.5 cm³/mol. The minimum Gasteiger partial charge on any atom is -0.273 e. The molecule has 0 rings (SSSR count). The molecule has 0 saturated carbocycles. The molecule has 2 nitrogen and oxygen atoms in total. The zero-order valence-corrected chi connectivity index (χ0v) is 5.64. The van der Waals surface area contributed by atoms with E-state index in [9.17, 15) is 4.79 Å². The number of carbonyl (C=O) groups is 1. The lowest BCUT2D eigenvalue weighted by Gasteiger charge is -1.98. The highest BCUT2D eigenvalue weighted by molar-refractivity contribution is 5.75. The minimum absolute atomic E-state index is 0.000000000000000222. The van der Waals surface area contributed by atoms with Gasteiger partial charge >= 0.3 is 0 Å². The summed E-state index contributed by atoms with van der Waals surface area (Å²) in [5.74, 6) is 0.436. The van der Waals surface area contributed by atoms with Crippen molar-refractivity contribution in [3.63, 3.8) is 0 Å². The Bertz CT molecular complexity index is 78.6. The molecule has 0 bridgehead atoms. The van der Waals surface area contributed by atoms with Crippen LogP contribution in [0, 0.1) is 5.92 Å². The van der Waals surface area contributed by atoms with E-state index in [1.165, 1.54) is 7.05 Å². The van der Waals surface area contributed by atoms with E-state index in [1.807, 2.05) is 13.8 Å². The summed E-state index contributed by atoms with van der Waals surface area (Å²) in [7, 11) is 1.53. The summed E-state index contributed by atoms with van der Waals surface area (Å²) in [5, 5.41) is 3.49. The molecule has 47 valence electrons. The second-order valence-corrected chi connectivity index (χ2v) is 2.22. The van der Waals surface area contributed by atoms with Crippen molar-refractivity contribution < 1.29 is 4.79 Å². The van der Waals surface area contributed by atoms with Gasteiger partial charge in [-0.25, -0.2) is 0 Å². The molecule has 0 N–H and O–H groups in total. The highest BCUT2D eigenvalue weighted by atomic mass is 16.1. The molecule has 1 amide bonds. The first-order chi connectivity index (χ1) is 3.66. The van der Waals surface area contributed by atoms with Gasteiger partial charge in [-0.1, -0.05) is 13.8 Å². The van der Waals surface area contributed by atoms with E-state index in [2.05, 4.69) is 5.32 Å². The maximum atomic E-state index is 10.5. The fourth-order valence-corrected chi connectivity index (χ4v) is 0.441. The lowest BCUT2D eigenvalue weighted by Crippen LogP contribution is -2.12. The first-order valence-corrected chi connectivity index (χ1v) is 2.79. The second kappa shape index (κ2) is 3.47. The normalized spacial score (nSPS) is 9.50. The lowest BCUT2D eigenvalue weighted by molar-refractivity contribution is -0.121. The maximum Gasteiger partial charge on any atom is 0.241 e. The molecular weight excluding hydrogens is 102 g/mol. The zero-order chi connectivity index (χ0) is 6.57. The van der Waals surface area contributed by atoms with Crippen molar-refractivity contribution in [1.82, 2.24) is 5.32 Å². The smallest absolute Gasteiger partial charge is 0.241 e. The molecule has 1 radical (unpaired) electrons.